The van der Waals surface area contributed by atoms with Crippen molar-refractivity contribution in [2.45, 2.75) is 64.1 Å². The maximum absolute atomic E-state index is 10.5. The van der Waals surface area contributed by atoms with Gasteiger partial charge in [-0.3, -0.25) is 0 Å². The van der Waals surface area contributed by atoms with Gasteiger partial charge in [-0.15, -0.1) is 0 Å². The first-order valence-electron chi connectivity index (χ1n) is 10.4. The Morgan fingerprint density at radius 3 is 2.85 bits per heavy atom. The first kappa shape index (κ1) is 21.6. The monoisotopic (exact) mass is 364 g/mol. The molecule has 0 bridgehead atoms. The summed E-state index contributed by atoms with van der Waals surface area (Å²) in [6.45, 7) is 7.12. The lowest BCUT2D eigenvalue weighted by molar-refractivity contribution is 0.0513. The van der Waals surface area contributed by atoms with Crippen LogP contribution in [0.25, 0.3) is 0 Å². The van der Waals surface area contributed by atoms with Crippen LogP contribution < -0.4 is 5.32 Å². The third-order valence-corrected chi connectivity index (χ3v) is 6.02. The van der Waals surface area contributed by atoms with Gasteiger partial charge in [-0.25, -0.2) is 0 Å². The van der Waals surface area contributed by atoms with Gasteiger partial charge in [0.2, 0.25) is 0 Å². The smallest absolute Gasteiger partial charge is 0.0654 e. The van der Waals surface area contributed by atoms with Gasteiger partial charge in [-0.2, -0.15) is 0 Å². The number of unbranched alkanes of at least 4 members (excludes halogenated alkanes) is 1. The Morgan fingerprint density at radius 2 is 2.15 bits per heavy atom. The molecule has 0 aromatic rings. The molecule has 26 heavy (non-hydrogen) atoms. The van der Waals surface area contributed by atoms with Crippen LogP contribution in [0.4, 0.5) is 0 Å². The number of hydrogen-bond donors (Lipinski definition) is 3. The molecule has 1 saturated carbocycles. The van der Waals surface area contributed by atoms with Crippen LogP contribution in [0.5, 0.6) is 0 Å². The summed E-state index contributed by atoms with van der Waals surface area (Å²) in [5, 5.41) is 24.4. The zero-order valence-corrected chi connectivity index (χ0v) is 17.2. The average Bonchev–Trinajstić information content (AvgIpc) is 3.07. The van der Waals surface area contributed by atoms with Gasteiger partial charge < -0.3 is 20.4 Å². The predicted molar refractivity (Wildman–Crippen MR) is 109 cm³/mol. The maximum atomic E-state index is 10.5. The number of likely N-dealkylation sites (N-methyl/N-ethyl adjacent to an activating group) is 1. The van der Waals surface area contributed by atoms with Crippen molar-refractivity contribution in [3.8, 4) is 0 Å². The fourth-order valence-corrected chi connectivity index (χ4v) is 4.43. The van der Waals surface area contributed by atoms with Crippen LogP contribution in [0.15, 0.2) is 23.8 Å². The van der Waals surface area contributed by atoms with Crippen molar-refractivity contribution in [3.05, 3.63) is 23.8 Å². The van der Waals surface area contributed by atoms with Gasteiger partial charge in [0.25, 0.3) is 0 Å². The van der Waals surface area contributed by atoms with Crippen molar-refractivity contribution >= 4 is 0 Å². The molecule has 0 heterocycles. The van der Waals surface area contributed by atoms with Crippen LogP contribution in [0.2, 0.25) is 0 Å². The van der Waals surface area contributed by atoms with E-state index in [-0.39, 0.29) is 12.0 Å². The highest BCUT2D eigenvalue weighted by molar-refractivity contribution is 5.21. The fourth-order valence-electron chi connectivity index (χ4n) is 4.43. The van der Waals surface area contributed by atoms with E-state index in [0.717, 1.165) is 51.7 Å². The third kappa shape index (κ3) is 6.49. The van der Waals surface area contributed by atoms with Gasteiger partial charge in [0.15, 0.2) is 0 Å². The molecule has 0 radical (unpaired) electrons. The predicted octanol–water partition coefficient (Wildman–Crippen LogP) is 2.97. The second kappa shape index (κ2) is 10.0. The van der Waals surface area contributed by atoms with Crippen molar-refractivity contribution in [1.82, 2.24) is 10.2 Å². The number of aliphatic hydroxyl groups is 2. The van der Waals surface area contributed by atoms with Crippen LogP contribution in [0.3, 0.4) is 0 Å². The number of fused-ring (bicyclic) bond motifs is 1. The van der Waals surface area contributed by atoms with Crippen LogP contribution in [0.1, 0.15) is 52.4 Å². The maximum Gasteiger partial charge on any atom is 0.0654 e. The lowest BCUT2D eigenvalue weighted by atomic mass is 9.88. The summed E-state index contributed by atoms with van der Waals surface area (Å²) in [5.41, 5.74) is 0.879. The Labute approximate surface area is 160 Å². The third-order valence-electron chi connectivity index (χ3n) is 6.02. The van der Waals surface area contributed by atoms with Crippen LogP contribution >= 0.6 is 0 Å². The van der Waals surface area contributed by atoms with E-state index >= 15 is 0 Å². The first-order valence-corrected chi connectivity index (χ1v) is 10.4. The molecule has 2 aliphatic rings. The Bertz CT molecular complexity index is 485. The molecular formula is C22H40N2O2. The molecular weight excluding hydrogens is 324 g/mol. The van der Waals surface area contributed by atoms with E-state index in [0.29, 0.717) is 18.3 Å². The molecule has 0 aromatic carbocycles. The van der Waals surface area contributed by atoms with Gasteiger partial charge in [0.1, 0.15) is 0 Å². The number of allylic oxidation sites excluding steroid dienone is 1. The van der Waals surface area contributed by atoms with Crippen molar-refractivity contribution in [1.29, 1.82) is 0 Å². The standard InChI is InChI=1S/C22H40N2O2/c1-5-6-9-22(2,26)10-7-8-19-20-14-17(13-18(20)15-21(19)25)16-23-11-12-24(3)4/h7-8,13,18-21,23,25-26H,5-6,9-12,14-16H2,1-4H3/t18-,19+,20-,21+,22-/m0/s1. The molecule has 3 N–H and O–H groups in total. The van der Waals surface area contributed by atoms with Crippen LogP contribution in [-0.2, 0) is 0 Å². The normalized spacial score (nSPS) is 30.8. The summed E-state index contributed by atoms with van der Waals surface area (Å²) in [4.78, 5) is 2.19. The molecule has 0 amide bonds. The van der Waals surface area contributed by atoms with Gasteiger partial charge in [-0.05, 0) is 58.5 Å². The van der Waals surface area contributed by atoms with Crippen molar-refractivity contribution < 1.29 is 10.2 Å². The second-order valence-electron chi connectivity index (χ2n) is 8.95. The van der Waals surface area contributed by atoms with Crippen LogP contribution in [0, 0.1) is 17.8 Å². The van der Waals surface area contributed by atoms with Crippen molar-refractivity contribution in [2.24, 2.45) is 17.8 Å². The van der Waals surface area contributed by atoms with E-state index in [1.807, 2.05) is 6.92 Å². The van der Waals surface area contributed by atoms with Gasteiger partial charge in [-0.1, -0.05) is 43.6 Å². The summed E-state index contributed by atoms with van der Waals surface area (Å²) in [7, 11) is 4.19. The molecule has 0 unspecified atom stereocenters. The number of hydrogen-bond acceptors (Lipinski definition) is 4. The molecule has 4 nitrogen and oxygen atoms in total. The molecule has 0 aliphatic heterocycles. The molecule has 2 aliphatic carbocycles. The molecule has 150 valence electrons. The highest BCUT2D eigenvalue weighted by Gasteiger charge is 2.43. The highest BCUT2D eigenvalue weighted by Crippen LogP contribution is 2.47. The Kier molecular flexibility index (Phi) is 8.34. The summed E-state index contributed by atoms with van der Waals surface area (Å²) in [6, 6.07) is 0. The lowest BCUT2D eigenvalue weighted by Gasteiger charge is -2.22. The molecule has 1 fully saturated rings. The Morgan fingerprint density at radius 1 is 1.38 bits per heavy atom. The number of rotatable bonds is 11. The molecule has 0 saturated heterocycles. The summed E-state index contributed by atoms with van der Waals surface area (Å²) < 4.78 is 0. The van der Waals surface area contributed by atoms with Gasteiger partial charge >= 0.3 is 0 Å². The number of nitrogens with one attached hydrogen (secondary N) is 1. The average molecular weight is 365 g/mol. The van der Waals surface area contributed by atoms with Crippen molar-refractivity contribution in [3.63, 3.8) is 0 Å². The Hall–Kier alpha value is -0.680. The number of nitrogens with zero attached hydrogens (tertiary/aromatic N) is 1. The van der Waals surface area contributed by atoms with E-state index in [4.69, 9.17) is 0 Å². The molecule has 2 rings (SSSR count). The minimum atomic E-state index is -0.620. The van der Waals surface area contributed by atoms with E-state index in [9.17, 15) is 10.2 Å². The zero-order valence-electron chi connectivity index (χ0n) is 17.2. The van der Waals surface area contributed by atoms with E-state index < -0.39 is 5.60 Å². The number of aliphatic hydroxyl groups excluding tert-OH is 1. The molecule has 0 aromatic heterocycles. The quantitative estimate of drug-likeness (QED) is 0.390. The van der Waals surface area contributed by atoms with Gasteiger partial charge in [0.05, 0.1) is 11.7 Å². The van der Waals surface area contributed by atoms with Gasteiger partial charge in [0, 0.05) is 25.6 Å². The van der Waals surface area contributed by atoms with Crippen molar-refractivity contribution in [2.75, 3.05) is 33.7 Å². The molecule has 5 atom stereocenters. The zero-order chi connectivity index (χ0) is 19.2. The Balaban J connectivity index is 1.80. The topological polar surface area (TPSA) is 55.7 Å². The first-order chi connectivity index (χ1) is 12.3. The van der Waals surface area contributed by atoms with E-state index in [1.54, 1.807) is 0 Å². The van der Waals surface area contributed by atoms with E-state index in [2.05, 4.69) is 49.5 Å². The largest absolute Gasteiger partial charge is 0.392 e. The summed E-state index contributed by atoms with van der Waals surface area (Å²) in [5.74, 6) is 1.29. The SMILES string of the molecule is CCCC[C@](C)(O)CC=C[C@@H]1[C@H]2CC(CNCCN(C)C)=C[C@H]2C[C@H]1O. The van der Waals surface area contributed by atoms with Crippen LogP contribution in [-0.4, -0.2) is 60.5 Å². The minimum Gasteiger partial charge on any atom is -0.392 e. The van der Waals surface area contributed by atoms with E-state index in [1.165, 1.54) is 5.57 Å². The summed E-state index contributed by atoms with van der Waals surface area (Å²) >= 11 is 0. The summed E-state index contributed by atoms with van der Waals surface area (Å²) in [6.07, 6.45) is 12.1. The molecule has 4 heteroatoms. The lowest BCUT2D eigenvalue weighted by Crippen LogP contribution is -2.28. The minimum absolute atomic E-state index is 0.234. The highest BCUT2D eigenvalue weighted by atomic mass is 16.3. The molecule has 0 spiro atoms. The second-order valence-corrected chi connectivity index (χ2v) is 8.95. The fraction of sp³-hybridized carbons (Fsp3) is 0.818.